The van der Waals surface area contributed by atoms with Crippen LogP contribution in [0, 0.1) is 0 Å². The van der Waals surface area contributed by atoms with Crippen LogP contribution < -0.4 is 4.74 Å². The van der Waals surface area contributed by atoms with Gasteiger partial charge in [-0.2, -0.15) is 0 Å². The number of aliphatic hydroxyl groups is 1. The highest BCUT2D eigenvalue weighted by atomic mass is 16.5. The summed E-state index contributed by atoms with van der Waals surface area (Å²) in [5.41, 5.74) is -1.43. The first kappa shape index (κ1) is 12.2. The first-order valence-corrected chi connectivity index (χ1v) is 4.59. The number of benzene rings is 1. The number of carboxylic acid groups (broad SMARTS) is 1. The number of hydrogen-bond donors (Lipinski definition) is 2. The molecule has 0 saturated heterocycles. The molecule has 0 saturated carbocycles. The molecule has 0 amide bonds. The van der Waals surface area contributed by atoms with Crippen LogP contribution in [-0.4, -0.2) is 34.7 Å². The van der Waals surface area contributed by atoms with Crippen LogP contribution in [0.5, 0.6) is 5.75 Å². The van der Waals surface area contributed by atoms with Crippen molar-refractivity contribution in [3.05, 3.63) is 29.8 Å². The second-order valence-corrected chi connectivity index (χ2v) is 3.55. The first-order chi connectivity index (χ1) is 7.45. The Morgan fingerprint density at radius 1 is 1.44 bits per heavy atom. The Morgan fingerprint density at radius 3 is 2.44 bits per heavy atom. The molecule has 0 aliphatic carbocycles. The predicted molar refractivity (Wildman–Crippen MR) is 55.6 cm³/mol. The van der Waals surface area contributed by atoms with Crippen molar-refractivity contribution in [2.24, 2.45) is 0 Å². The molecular weight excluding hydrogens is 212 g/mol. The topological polar surface area (TPSA) is 83.8 Å². The average molecular weight is 224 g/mol. The molecule has 1 rings (SSSR count). The largest absolute Gasteiger partial charge is 0.490 e. The van der Waals surface area contributed by atoms with Crippen LogP contribution in [0.15, 0.2) is 24.3 Å². The summed E-state index contributed by atoms with van der Waals surface area (Å²) in [5.74, 6) is -0.955. The number of hydrogen-bond acceptors (Lipinski definition) is 4. The van der Waals surface area contributed by atoms with Gasteiger partial charge in [0.05, 0.1) is 0 Å². The van der Waals surface area contributed by atoms with E-state index < -0.39 is 11.6 Å². The summed E-state index contributed by atoms with van der Waals surface area (Å²) in [5, 5.41) is 18.0. The van der Waals surface area contributed by atoms with Crippen molar-refractivity contribution in [2.45, 2.75) is 12.5 Å². The van der Waals surface area contributed by atoms with Crippen LogP contribution in [0.3, 0.4) is 0 Å². The van der Waals surface area contributed by atoms with E-state index in [2.05, 4.69) is 0 Å². The molecule has 5 nitrogen and oxygen atoms in total. The summed E-state index contributed by atoms with van der Waals surface area (Å²) >= 11 is 0. The Hall–Kier alpha value is -1.88. The fraction of sp³-hybridized carbons (Fsp3) is 0.273. The maximum absolute atomic E-state index is 10.6. The van der Waals surface area contributed by atoms with E-state index in [1.807, 2.05) is 0 Å². The highest BCUT2D eigenvalue weighted by molar-refractivity contribution is 5.76. The Morgan fingerprint density at radius 2 is 2.00 bits per heavy atom. The van der Waals surface area contributed by atoms with Gasteiger partial charge in [0.1, 0.15) is 18.6 Å². The monoisotopic (exact) mass is 224 g/mol. The van der Waals surface area contributed by atoms with Crippen LogP contribution in [-0.2, 0) is 4.79 Å². The highest BCUT2D eigenvalue weighted by Crippen LogP contribution is 2.13. The number of aliphatic carboxylic acids is 1. The van der Waals surface area contributed by atoms with Gasteiger partial charge in [-0.05, 0) is 31.2 Å². The number of ether oxygens (including phenoxy) is 1. The van der Waals surface area contributed by atoms with Gasteiger partial charge in [0.2, 0.25) is 0 Å². The minimum Gasteiger partial charge on any atom is -0.490 e. The third-order valence-corrected chi connectivity index (χ3v) is 2.00. The molecule has 0 aliphatic heterocycles. The zero-order valence-corrected chi connectivity index (χ0v) is 8.71. The fourth-order valence-electron chi connectivity index (χ4n) is 0.928. The van der Waals surface area contributed by atoms with Gasteiger partial charge in [-0.3, -0.25) is 4.79 Å². The van der Waals surface area contributed by atoms with Gasteiger partial charge >= 0.3 is 5.97 Å². The van der Waals surface area contributed by atoms with Crippen LogP contribution >= 0.6 is 0 Å². The first-order valence-electron chi connectivity index (χ1n) is 4.59. The normalized spacial score (nSPS) is 13.9. The lowest BCUT2D eigenvalue weighted by Gasteiger charge is -2.18. The number of carboxylic acids is 1. The van der Waals surface area contributed by atoms with E-state index in [-0.39, 0.29) is 6.61 Å². The minimum atomic E-state index is -1.93. The molecule has 1 aromatic carbocycles. The van der Waals surface area contributed by atoms with Crippen LogP contribution in [0.25, 0.3) is 0 Å². The van der Waals surface area contributed by atoms with E-state index in [1.165, 1.54) is 24.3 Å². The molecule has 0 fully saturated rings. The lowest BCUT2D eigenvalue weighted by atomic mass is 10.1. The van der Waals surface area contributed by atoms with E-state index in [4.69, 9.17) is 9.84 Å². The molecule has 5 heteroatoms. The third-order valence-electron chi connectivity index (χ3n) is 2.00. The Labute approximate surface area is 92.3 Å². The fourth-order valence-corrected chi connectivity index (χ4v) is 0.928. The van der Waals surface area contributed by atoms with Crippen LogP contribution in [0.2, 0.25) is 0 Å². The molecule has 0 bridgehead atoms. The predicted octanol–water partition coefficient (Wildman–Crippen LogP) is 0.714. The molecule has 0 heterocycles. The molecule has 16 heavy (non-hydrogen) atoms. The van der Waals surface area contributed by atoms with Gasteiger partial charge in [0, 0.05) is 5.56 Å². The molecule has 1 aromatic rings. The van der Waals surface area contributed by atoms with Gasteiger partial charge in [0.25, 0.3) is 0 Å². The molecule has 1 unspecified atom stereocenters. The quantitative estimate of drug-likeness (QED) is 0.720. The van der Waals surface area contributed by atoms with Crippen molar-refractivity contribution in [2.75, 3.05) is 6.61 Å². The zero-order chi connectivity index (χ0) is 12.2. The van der Waals surface area contributed by atoms with Gasteiger partial charge in [-0.1, -0.05) is 0 Å². The van der Waals surface area contributed by atoms with E-state index in [9.17, 15) is 14.7 Å². The average Bonchev–Trinajstić information content (AvgIpc) is 2.27. The van der Waals surface area contributed by atoms with E-state index in [1.54, 1.807) is 0 Å². The lowest BCUT2D eigenvalue weighted by Crippen LogP contribution is -2.41. The minimum absolute atomic E-state index is 0.358. The smallest absolute Gasteiger partial charge is 0.339 e. The zero-order valence-electron chi connectivity index (χ0n) is 8.71. The van der Waals surface area contributed by atoms with Crippen molar-refractivity contribution in [3.8, 4) is 5.75 Å². The van der Waals surface area contributed by atoms with Crippen molar-refractivity contribution >= 4 is 12.3 Å². The molecule has 0 radical (unpaired) electrons. The summed E-state index contributed by atoms with van der Waals surface area (Å²) in [6.07, 6.45) is 0.692. The number of carbonyl (C=O) groups excluding carboxylic acids is 1. The molecule has 2 N–H and O–H groups in total. The second kappa shape index (κ2) is 4.76. The van der Waals surface area contributed by atoms with Crippen LogP contribution in [0.1, 0.15) is 17.3 Å². The van der Waals surface area contributed by atoms with Crippen molar-refractivity contribution in [1.29, 1.82) is 0 Å². The number of aldehydes is 1. The van der Waals surface area contributed by atoms with Crippen molar-refractivity contribution in [3.63, 3.8) is 0 Å². The second-order valence-electron chi connectivity index (χ2n) is 3.55. The van der Waals surface area contributed by atoms with Gasteiger partial charge < -0.3 is 14.9 Å². The molecule has 0 aliphatic rings. The maximum Gasteiger partial charge on any atom is 0.339 e. The Bertz CT molecular complexity index is 380. The number of rotatable bonds is 5. The Balaban J connectivity index is 2.61. The summed E-state index contributed by atoms with van der Waals surface area (Å²) in [6.45, 7) is 0.790. The van der Waals surface area contributed by atoms with Gasteiger partial charge in [-0.25, -0.2) is 4.79 Å². The summed E-state index contributed by atoms with van der Waals surface area (Å²) in [7, 11) is 0. The van der Waals surface area contributed by atoms with Crippen LogP contribution in [0.4, 0.5) is 0 Å². The SMILES string of the molecule is CC(O)(COc1ccc(C=O)cc1)C(=O)O. The molecular formula is C11H12O5. The molecule has 0 aromatic heterocycles. The molecule has 86 valence electrons. The summed E-state index contributed by atoms with van der Waals surface area (Å²) < 4.78 is 5.08. The van der Waals surface area contributed by atoms with E-state index in [0.717, 1.165) is 6.92 Å². The Kier molecular flexibility index (Phi) is 3.63. The molecule has 0 spiro atoms. The van der Waals surface area contributed by atoms with Crippen molar-refractivity contribution < 1.29 is 24.5 Å². The maximum atomic E-state index is 10.6. The van der Waals surface area contributed by atoms with E-state index in [0.29, 0.717) is 17.6 Å². The van der Waals surface area contributed by atoms with E-state index >= 15 is 0 Å². The van der Waals surface area contributed by atoms with Crippen molar-refractivity contribution in [1.82, 2.24) is 0 Å². The van der Waals surface area contributed by atoms with Gasteiger partial charge in [-0.15, -0.1) is 0 Å². The summed E-state index contributed by atoms with van der Waals surface area (Å²) in [6, 6.07) is 6.14. The third kappa shape index (κ3) is 3.06. The van der Waals surface area contributed by atoms with Gasteiger partial charge in [0.15, 0.2) is 5.60 Å². The molecule has 1 atom stereocenters. The highest BCUT2D eigenvalue weighted by Gasteiger charge is 2.30. The summed E-state index contributed by atoms with van der Waals surface area (Å²) in [4.78, 5) is 20.9. The number of carbonyl (C=O) groups is 2. The standard InChI is InChI=1S/C11H12O5/c1-11(15,10(13)14)7-16-9-4-2-8(6-12)3-5-9/h2-6,15H,7H2,1H3,(H,13,14). The lowest BCUT2D eigenvalue weighted by molar-refractivity contribution is -0.159.